The predicted molar refractivity (Wildman–Crippen MR) is 152 cm³/mol. The second-order valence-electron chi connectivity index (χ2n) is 11.7. The second-order valence-corrected chi connectivity index (χ2v) is 11.7. The molecule has 0 saturated carbocycles. The van der Waals surface area contributed by atoms with Gasteiger partial charge in [0.1, 0.15) is 12.4 Å². The third-order valence-corrected chi connectivity index (χ3v) is 6.85. The SMILES string of the molecule is Cc1cc(OCCC(C)(C)O)nc(C)c1-c1cccc(COc2ccc(B3OCC(C)(C)CO3)cc2)c1C. The highest BCUT2D eigenvalue weighted by Gasteiger charge is 2.33. The smallest absolute Gasteiger partial charge is 0.489 e. The Morgan fingerprint density at radius 3 is 2.32 bits per heavy atom. The Labute approximate surface area is 227 Å². The first-order chi connectivity index (χ1) is 17.9. The summed E-state index contributed by atoms with van der Waals surface area (Å²) in [6.45, 7) is 16.3. The van der Waals surface area contributed by atoms with Crippen LogP contribution in [-0.2, 0) is 15.9 Å². The summed E-state index contributed by atoms with van der Waals surface area (Å²) >= 11 is 0. The van der Waals surface area contributed by atoms with E-state index in [1.54, 1.807) is 13.8 Å². The molecule has 0 amide bonds. The van der Waals surface area contributed by atoms with E-state index in [1.807, 2.05) is 37.3 Å². The lowest BCUT2D eigenvalue weighted by atomic mass is 9.76. The van der Waals surface area contributed by atoms with Crippen molar-refractivity contribution in [3.05, 3.63) is 70.9 Å². The third kappa shape index (κ3) is 7.16. The summed E-state index contributed by atoms with van der Waals surface area (Å²) in [4.78, 5) is 4.69. The fraction of sp³-hybridized carbons (Fsp3) is 0.452. The normalized spacial score (nSPS) is 15.4. The van der Waals surface area contributed by atoms with Gasteiger partial charge in [-0.3, -0.25) is 0 Å². The van der Waals surface area contributed by atoms with Crippen LogP contribution in [0.5, 0.6) is 11.6 Å². The van der Waals surface area contributed by atoms with Crippen LogP contribution in [0.2, 0.25) is 0 Å². The first kappa shape index (κ1) is 28.2. The molecule has 0 aliphatic carbocycles. The maximum atomic E-state index is 9.93. The first-order valence-corrected chi connectivity index (χ1v) is 13.3. The van der Waals surface area contributed by atoms with Crippen molar-refractivity contribution in [3.63, 3.8) is 0 Å². The van der Waals surface area contributed by atoms with Gasteiger partial charge >= 0.3 is 7.12 Å². The van der Waals surface area contributed by atoms with Crippen LogP contribution in [0.1, 0.15) is 56.5 Å². The highest BCUT2D eigenvalue weighted by molar-refractivity contribution is 6.61. The minimum absolute atomic E-state index is 0.0483. The lowest BCUT2D eigenvalue weighted by Crippen LogP contribution is -2.47. The van der Waals surface area contributed by atoms with Crippen molar-refractivity contribution >= 4 is 12.6 Å². The molecule has 0 unspecified atom stereocenters. The van der Waals surface area contributed by atoms with Gasteiger partial charge in [0, 0.05) is 42.4 Å². The molecule has 1 aliphatic heterocycles. The minimum Gasteiger partial charge on any atom is -0.489 e. The van der Waals surface area contributed by atoms with Crippen LogP contribution >= 0.6 is 0 Å². The molecule has 2 heterocycles. The summed E-state index contributed by atoms with van der Waals surface area (Å²) in [6.07, 6.45) is 0.541. The van der Waals surface area contributed by atoms with E-state index in [0.717, 1.165) is 39.2 Å². The molecular weight excluding hydrogens is 477 g/mol. The van der Waals surface area contributed by atoms with Gasteiger partial charge in [0.25, 0.3) is 0 Å². The molecule has 3 aromatic rings. The topological polar surface area (TPSA) is 70.0 Å². The van der Waals surface area contributed by atoms with E-state index in [9.17, 15) is 5.11 Å². The van der Waals surface area contributed by atoms with E-state index in [4.69, 9.17) is 23.8 Å². The van der Waals surface area contributed by atoms with Crippen molar-refractivity contribution in [1.29, 1.82) is 0 Å². The van der Waals surface area contributed by atoms with Gasteiger partial charge in [-0.25, -0.2) is 4.98 Å². The Morgan fingerprint density at radius 1 is 1.00 bits per heavy atom. The van der Waals surface area contributed by atoms with Gasteiger partial charge in [-0.05, 0) is 74.5 Å². The van der Waals surface area contributed by atoms with E-state index in [0.29, 0.717) is 38.7 Å². The fourth-order valence-corrected chi connectivity index (χ4v) is 4.56. The largest absolute Gasteiger partial charge is 0.493 e. The average molecular weight is 517 g/mol. The molecule has 38 heavy (non-hydrogen) atoms. The Balaban J connectivity index is 1.43. The number of rotatable bonds is 9. The Bertz CT molecular complexity index is 1220. The van der Waals surface area contributed by atoms with Crippen molar-refractivity contribution in [2.45, 2.75) is 67.1 Å². The molecule has 1 fully saturated rings. The van der Waals surface area contributed by atoms with Gasteiger partial charge in [-0.15, -0.1) is 0 Å². The zero-order valence-corrected chi connectivity index (χ0v) is 23.8. The molecule has 4 rings (SSSR count). The predicted octanol–water partition coefficient (Wildman–Crippen LogP) is 5.56. The van der Waals surface area contributed by atoms with Crippen molar-refractivity contribution < 1.29 is 23.9 Å². The summed E-state index contributed by atoms with van der Waals surface area (Å²) in [5, 5.41) is 9.93. The van der Waals surface area contributed by atoms with Gasteiger partial charge in [-0.1, -0.05) is 44.2 Å². The number of aliphatic hydroxyl groups is 1. The van der Waals surface area contributed by atoms with Gasteiger partial charge in [-0.2, -0.15) is 0 Å². The van der Waals surface area contributed by atoms with Crippen LogP contribution in [0.25, 0.3) is 11.1 Å². The molecule has 0 bridgehead atoms. The molecular formula is C31H40BNO5. The molecule has 2 aromatic carbocycles. The maximum Gasteiger partial charge on any atom is 0.493 e. The maximum absolute atomic E-state index is 9.93. The molecule has 0 spiro atoms. The first-order valence-electron chi connectivity index (χ1n) is 13.3. The Hall–Kier alpha value is -2.87. The van der Waals surface area contributed by atoms with E-state index >= 15 is 0 Å². The summed E-state index contributed by atoms with van der Waals surface area (Å²) in [5.74, 6) is 1.39. The molecule has 202 valence electrons. The van der Waals surface area contributed by atoms with Gasteiger partial charge < -0.3 is 23.9 Å². The van der Waals surface area contributed by atoms with Gasteiger partial charge in [0.05, 0.1) is 12.2 Å². The highest BCUT2D eigenvalue weighted by atomic mass is 16.6. The monoisotopic (exact) mass is 517 g/mol. The molecule has 6 nitrogen and oxygen atoms in total. The van der Waals surface area contributed by atoms with E-state index < -0.39 is 5.60 Å². The fourth-order valence-electron chi connectivity index (χ4n) is 4.56. The van der Waals surface area contributed by atoms with E-state index in [2.05, 4.69) is 45.9 Å². The zero-order chi connectivity index (χ0) is 27.5. The van der Waals surface area contributed by atoms with Crippen molar-refractivity contribution in [2.24, 2.45) is 5.41 Å². The minimum atomic E-state index is -0.763. The second kappa shape index (κ2) is 11.5. The third-order valence-electron chi connectivity index (χ3n) is 6.85. The number of ether oxygens (including phenoxy) is 2. The summed E-state index contributed by atoms with van der Waals surface area (Å²) < 4.78 is 23.8. The number of hydrogen-bond acceptors (Lipinski definition) is 6. The molecule has 1 aromatic heterocycles. The van der Waals surface area contributed by atoms with E-state index in [-0.39, 0.29) is 12.5 Å². The van der Waals surface area contributed by atoms with Crippen molar-refractivity contribution in [2.75, 3.05) is 19.8 Å². The number of aromatic nitrogens is 1. The standard InChI is InChI=1S/C31H40BNO5/c1-21-17-28(35-16-15-31(6,7)34)33-23(3)29(21)27-10-8-9-24(22(27)2)18-36-26-13-11-25(12-14-26)32-37-19-30(4,5)20-38-32/h8-14,17,34H,15-16,18-20H2,1-7H3. The number of aryl methyl sites for hydroxylation is 2. The van der Waals surface area contributed by atoms with Crippen LogP contribution in [0.4, 0.5) is 0 Å². The lowest BCUT2D eigenvalue weighted by Gasteiger charge is -2.33. The quantitative estimate of drug-likeness (QED) is 0.375. The summed E-state index contributed by atoms with van der Waals surface area (Å²) in [6, 6.07) is 16.2. The zero-order valence-electron chi connectivity index (χ0n) is 23.8. The molecule has 1 aliphatic rings. The Kier molecular flexibility index (Phi) is 8.51. The van der Waals surface area contributed by atoms with Crippen molar-refractivity contribution in [1.82, 2.24) is 4.98 Å². The van der Waals surface area contributed by atoms with Crippen molar-refractivity contribution in [3.8, 4) is 22.8 Å². The van der Waals surface area contributed by atoms with Crippen LogP contribution in [0.15, 0.2) is 48.5 Å². The van der Waals surface area contributed by atoms with Crippen LogP contribution in [0.3, 0.4) is 0 Å². The molecule has 1 saturated heterocycles. The average Bonchev–Trinajstić information content (AvgIpc) is 2.83. The number of hydrogen-bond donors (Lipinski definition) is 1. The number of pyridine rings is 1. The molecule has 1 N–H and O–H groups in total. The number of nitrogens with zero attached hydrogens (tertiary/aromatic N) is 1. The number of benzene rings is 2. The molecule has 0 atom stereocenters. The molecule has 0 radical (unpaired) electrons. The van der Waals surface area contributed by atoms with Gasteiger partial charge in [0.2, 0.25) is 5.88 Å². The van der Waals surface area contributed by atoms with E-state index in [1.165, 1.54) is 5.56 Å². The summed E-state index contributed by atoms with van der Waals surface area (Å²) in [5.41, 5.74) is 6.83. The lowest BCUT2D eigenvalue weighted by molar-refractivity contribution is 0.0343. The van der Waals surface area contributed by atoms with Crippen LogP contribution < -0.4 is 14.9 Å². The Morgan fingerprint density at radius 2 is 1.68 bits per heavy atom. The molecule has 7 heteroatoms. The van der Waals surface area contributed by atoms with Crippen LogP contribution in [0, 0.1) is 26.2 Å². The van der Waals surface area contributed by atoms with Gasteiger partial charge in [0.15, 0.2) is 0 Å². The summed E-state index contributed by atoms with van der Waals surface area (Å²) in [7, 11) is -0.325. The van der Waals surface area contributed by atoms with Crippen LogP contribution in [-0.4, -0.2) is 42.6 Å². The highest BCUT2D eigenvalue weighted by Crippen LogP contribution is 2.33.